The van der Waals surface area contributed by atoms with Crippen LogP contribution in [0, 0.1) is 0 Å². The minimum absolute atomic E-state index is 0.734. The van der Waals surface area contributed by atoms with Gasteiger partial charge >= 0.3 is 0 Å². The molecule has 116 valence electrons. The maximum Gasteiger partial charge on any atom is 0.0253 e. The third-order valence-corrected chi connectivity index (χ3v) is 5.86. The van der Waals surface area contributed by atoms with Crippen LogP contribution in [0.1, 0.15) is 58.8 Å². The summed E-state index contributed by atoms with van der Waals surface area (Å²) in [5.41, 5.74) is 0. The minimum Gasteiger partial charge on any atom is -0.313 e. The van der Waals surface area contributed by atoms with Crippen molar-refractivity contribution < 1.29 is 0 Å². The number of nitrogens with one attached hydrogen (secondary N) is 1. The first-order valence-corrected chi connectivity index (χ1v) is 9.02. The van der Waals surface area contributed by atoms with Crippen LogP contribution in [0.5, 0.6) is 0 Å². The summed E-state index contributed by atoms with van der Waals surface area (Å²) < 4.78 is 0. The summed E-state index contributed by atoms with van der Waals surface area (Å²) in [6.45, 7) is 9.83. The van der Waals surface area contributed by atoms with Crippen molar-refractivity contribution in [2.75, 3.05) is 26.2 Å². The first-order valence-electron chi connectivity index (χ1n) is 9.02. The van der Waals surface area contributed by atoms with E-state index in [1.165, 1.54) is 64.6 Å². The maximum atomic E-state index is 3.80. The lowest BCUT2D eigenvalue weighted by Gasteiger charge is -2.48. The second-order valence-corrected chi connectivity index (χ2v) is 7.21. The van der Waals surface area contributed by atoms with E-state index >= 15 is 0 Å². The molecular weight excluding hydrogens is 246 g/mol. The van der Waals surface area contributed by atoms with E-state index in [4.69, 9.17) is 0 Å². The molecule has 0 spiro atoms. The van der Waals surface area contributed by atoms with Crippen LogP contribution in [0.25, 0.3) is 0 Å². The second kappa shape index (κ2) is 6.76. The molecule has 2 saturated heterocycles. The zero-order chi connectivity index (χ0) is 13.9. The quantitative estimate of drug-likeness (QED) is 0.801. The lowest BCUT2D eigenvalue weighted by molar-refractivity contribution is 0.0132. The standard InChI is InChI=1S/C17H33N3/c1-3-18-16-9-5-4-6-10-17(16)20-13-15-8-7-11-19(15)12-14(20)2/h14-18H,3-13H2,1-2H3. The Kier molecular flexibility index (Phi) is 5.00. The topological polar surface area (TPSA) is 18.5 Å². The molecular formula is C17H33N3. The van der Waals surface area contributed by atoms with Gasteiger partial charge in [-0.25, -0.2) is 0 Å². The van der Waals surface area contributed by atoms with Gasteiger partial charge in [0.1, 0.15) is 0 Å². The van der Waals surface area contributed by atoms with Crippen molar-refractivity contribution in [2.45, 2.75) is 83.0 Å². The molecule has 20 heavy (non-hydrogen) atoms. The van der Waals surface area contributed by atoms with Crippen molar-refractivity contribution >= 4 is 0 Å². The van der Waals surface area contributed by atoms with Gasteiger partial charge in [-0.2, -0.15) is 0 Å². The van der Waals surface area contributed by atoms with E-state index in [1.807, 2.05) is 0 Å². The molecule has 3 fully saturated rings. The molecule has 1 N–H and O–H groups in total. The van der Waals surface area contributed by atoms with Gasteiger partial charge in [0.05, 0.1) is 0 Å². The highest BCUT2D eigenvalue weighted by Crippen LogP contribution is 2.30. The van der Waals surface area contributed by atoms with Crippen molar-refractivity contribution in [3.8, 4) is 0 Å². The van der Waals surface area contributed by atoms with Crippen molar-refractivity contribution in [3.05, 3.63) is 0 Å². The third-order valence-electron chi connectivity index (χ3n) is 5.86. The number of rotatable bonds is 3. The maximum absolute atomic E-state index is 3.80. The molecule has 1 aliphatic carbocycles. The summed E-state index contributed by atoms with van der Waals surface area (Å²) in [7, 11) is 0. The zero-order valence-electron chi connectivity index (χ0n) is 13.5. The van der Waals surface area contributed by atoms with Crippen LogP contribution in [-0.2, 0) is 0 Å². The number of likely N-dealkylation sites (N-methyl/N-ethyl adjacent to an activating group) is 1. The van der Waals surface area contributed by atoms with E-state index in [0.29, 0.717) is 0 Å². The summed E-state index contributed by atoms with van der Waals surface area (Å²) in [5, 5.41) is 3.80. The van der Waals surface area contributed by atoms with Crippen LogP contribution in [0.4, 0.5) is 0 Å². The Morgan fingerprint density at radius 1 is 1.00 bits per heavy atom. The van der Waals surface area contributed by atoms with Crippen LogP contribution < -0.4 is 5.32 Å². The highest BCUT2D eigenvalue weighted by molar-refractivity contribution is 4.96. The molecule has 4 unspecified atom stereocenters. The number of hydrogen-bond donors (Lipinski definition) is 1. The Morgan fingerprint density at radius 3 is 2.70 bits per heavy atom. The zero-order valence-corrected chi connectivity index (χ0v) is 13.5. The molecule has 0 bridgehead atoms. The van der Waals surface area contributed by atoms with Crippen LogP contribution >= 0.6 is 0 Å². The van der Waals surface area contributed by atoms with E-state index in [9.17, 15) is 0 Å². The average Bonchev–Trinajstić information content (AvgIpc) is 2.76. The van der Waals surface area contributed by atoms with Crippen molar-refractivity contribution in [3.63, 3.8) is 0 Å². The highest BCUT2D eigenvalue weighted by Gasteiger charge is 2.39. The number of hydrogen-bond acceptors (Lipinski definition) is 3. The van der Waals surface area contributed by atoms with Gasteiger partial charge in [0.15, 0.2) is 0 Å². The van der Waals surface area contributed by atoms with Gasteiger partial charge in [-0.1, -0.05) is 26.2 Å². The Balaban J connectivity index is 1.70. The SMILES string of the molecule is CCNC1CCCCCC1N1CC2CCCN2CC1C. The Labute approximate surface area is 125 Å². The summed E-state index contributed by atoms with van der Waals surface area (Å²) >= 11 is 0. The Morgan fingerprint density at radius 2 is 1.85 bits per heavy atom. The van der Waals surface area contributed by atoms with E-state index in [0.717, 1.165) is 30.7 Å². The predicted octanol–water partition coefficient (Wildman–Crippen LogP) is 2.47. The Bertz CT molecular complexity index is 307. The predicted molar refractivity (Wildman–Crippen MR) is 85.1 cm³/mol. The van der Waals surface area contributed by atoms with Gasteiger partial charge in [0.2, 0.25) is 0 Å². The molecule has 0 amide bonds. The molecule has 3 nitrogen and oxygen atoms in total. The first kappa shape index (κ1) is 14.8. The molecule has 3 aliphatic rings. The van der Waals surface area contributed by atoms with Crippen molar-refractivity contribution in [2.24, 2.45) is 0 Å². The van der Waals surface area contributed by atoms with E-state index in [2.05, 4.69) is 29.0 Å². The normalized spacial score (nSPS) is 40.5. The average molecular weight is 279 g/mol. The molecule has 3 rings (SSSR count). The van der Waals surface area contributed by atoms with E-state index in [1.54, 1.807) is 0 Å². The van der Waals surface area contributed by atoms with Crippen molar-refractivity contribution in [1.29, 1.82) is 0 Å². The summed E-state index contributed by atoms with van der Waals surface area (Å²) in [6, 6.07) is 3.12. The van der Waals surface area contributed by atoms with E-state index < -0.39 is 0 Å². The minimum atomic E-state index is 0.734. The third kappa shape index (κ3) is 3.05. The van der Waals surface area contributed by atoms with E-state index in [-0.39, 0.29) is 0 Å². The van der Waals surface area contributed by atoms with Gasteiger partial charge in [-0.3, -0.25) is 9.80 Å². The molecule has 0 radical (unpaired) electrons. The molecule has 2 heterocycles. The number of piperazine rings is 1. The monoisotopic (exact) mass is 279 g/mol. The number of fused-ring (bicyclic) bond motifs is 1. The summed E-state index contributed by atoms with van der Waals surface area (Å²) in [4.78, 5) is 5.63. The second-order valence-electron chi connectivity index (χ2n) is 7.21. The first-order chi connectivity index (χ1) is 9.79. The summed E-state index contributed by atoms with van der Waals surface area (Å²) in [6.07, 6.45) is 9.95. The van der Waals surface area contributed by atoms with Gasteiger partial charge in [0.25, 0.3) is 0 Å². The summed E-state index contributed by atoms with van der Waals surface area (Å²) in [5.74, 6) is 0. The smallest absolute Gasteiger partial charge is 0.0253 e. The van der Waals surface area contributed by atoms with Crippen LogP contribution in [0.15, 0.2) is 0 Å². The fourth-order valence-corrected chi connectivity index (χ4v) is 4.86. The van der Waals surface area contributed by atoms with Crippen LogP contribution in [0.3, 0.4) is 0 Å². The number of nitrogens with zero attached hydrogens (tertiary/aromatic N) is 2. The lowest BCUT2D eigenvalue weighted by Crippen LogP contribution is -2.61. The molecule has 2 aliphatic heterocycles. The molecule has 0 aromatic heterocycles. The highest BCUT2D eigenvalue weighted by atomic mass is 15.3. The fraction of sp³-hybridized carbons (Fsp3) is 1.00. The van der Waals surface area contributed by atoms with Gasteiger partial charge in [-0.05, 0) is 45.7 Å². The molecule has 1 saturated carbocycles. The van der Waals surface area contributed by atoms with Gasteiger partial charge in [0, 0.05) is 37.3 Å². The van der Waals surface area contributed by atoms with Gasteiger partial charge in [-0.15, -0.1) is 0 Å². The Hall–Kier alpha value is -0.120. The largest absolute Gasteiger partial charge is 0.313 e. The molecule has 0 aromatic carbocycles. The van der Waals surface area contributed by atoms with Crippen LogP contribution in [0.2, 0.25) is 0 Å². The molecule has 3 heteroatoms. The van der Waals surface area contributed by atoms with Gasteiger partial charge < -0.3 is 5.32 Å². The fourth-order valence-electron chi connectivity index (χ4n) is 4.86. The van der Waals surface area contributed by atoms with Crippen molar-refractivity contribution in [1.82, 2.24) is 15.1 Å². The molecule has 4 atom stereocenters. The lowest BCUT2D eigenvalue weighted by atomic mass is 9.96. The van der Waals surface area contributed by atoms with Crippen LogP contribution in [-0.4, -0.2) is 60.1 Å². The molecule has 0 aromatic rings.